The number of alkyl halides is 3. The van der Waals surface area contributed by atoms with Gasteiger partial charge in [-0.2, -0.15) is 13.2 Å². The Kier molecular flexibility index (Phi) is 11.6. The third-order valence-corrected chi connectivity index (χ3v) is 7.87. The Balaban J connectivity index is 1.96. The Morgan fingerprint density at radius 1 is 1.31 bits per heavy atom. The molecule has 1 N–H and O–H groups in total. The number of carbonyl (C=O) groups is 1. The van der Waals surface area contributed by atoms with E-state index in [0.29, 0.717) is 25.1 Å². The number of hydrogen-bond acceptors (Lipinski definition) is 4. The largest absolute Gasteiger partial charge is 0.495 e. The van der Waals surface area contributed by atoms with Crippen LogP contribution in [0.15, 0.2) is 52.8 Å². The first kappa shape index (κ1) is 30.1. The summed E-state index contributed by atoms with van der Waals surface area (Å²) >= 11 is 0. The standard InChI is InChI=1S/C26H38F3N3O3S/c1-6-9-24(35-5)23(7-2)30-25(33)14-17-31-15-12-21(13-16-31)32(19(3)4)36(34)22-11-8-10-20(18-22)26(27,28)29/h6,8-11,18-19,21H,7,12-17H2,1-5H3,(H,30,33)/b9-6-,24-23-. The van der Waals surface area contributed by atoms with Crippen molar-refractivity contribution in [2.75, 3.05) is 26.7 Å². The maximum Gasteiger partial charge on any atom is 0.416 e. The van der Waals surface area contributed by atoms with Crippen LogP contribution in [-0.2, 0) is 26.7 Å². The van der Waals surface area contributed by atoms with E-state index >= 15 is 0 Å². The molecule has 1 aliphatic heterocycles. The van der Waals surface area contributed by atoms with Crippen molar-refractivity contribution in [1.29, 1.82) is 0 Å². The van der Waals surface area contributed by atoms with Crippen LogP contribution in [0.3, 0.4) is 0 Å². The second-order valence-corrected chi connectivity index (χ2v) is 10.4. The molecule has 1 heterocycles. The zero-order valence-electron chi connectivity index (χ0n) is 21.7. The molecule has 2 rings (SSSR count). The molecule has 1 fully saturated rings. The number of benzene rings is 1. The summed E-state index contributed by atoms with van der Waals surface area (Å²) in [7, 11) is -0.132. The third kappa shape index (κ3) is 8.45. The average molecular weight is 530 g/mol. The molecule has 1 atom stereocenters. The molecule has 36 heavy (non-hydrogen) atoms. The predicted octanol–water partition coefficient (Wildman–Crippen LogP) is 5.25. The van der Waals surface area contributed by atoms with Gasteiger partial charge in [0.1, 0.15) is 16.7 Å². The lowest BCUT2D eigenvalue weighted by Gasteiger charge is -2.39. The fourth-order valence-corrected chi connectivity index (χ4v) is 5.84. The molecule has 1 unspecified atom stereocenters. The lowest BCUT2D eigenvalue weighted by atomic mass is 10.0. The molecular weight excluding hydrogens is 491 g/mol. The Bertz CT molecular complexity index is 955. The number of rotatable bonds is 11. The van der Waals surface area contributed by atoms with Crippen LogP contribution in [-0.4, -0.2) is 58.1 Å². The second-order valence-electron chi connectivity index (χ2n) is 9.00. The van der Waals surface area contributed by atoms with Crippen LogP contribution < -0.4 is 5.32 Å². The first-order chi connectivity index (χ1) is 17.0. The van der Waals surface area contributed by atoms with Gasteiger partial charge in [0.25, 0.3) is 0 Å². The lowest BCUT2D eigenvalue weighted by molar-refractivity contribution is -0.137. The first-order valence-electron chi connectivity index (χ1n) is 12.3. The normalized spacial score (nSPS) is 17.5. The monoisotopic (exact) mass is 529 g/mol. The van der Waals surface area contributed by atoms with Crippen molar-refractivity contribution in [2.24, 2.45) is 0 Å². The molecule has 202 valence electrons. The maximum absolute atomic E-state index is 13.3. The molecule has 0 aromatic heterocycles. The minimum absolute atomic E-state index is 0.0230. The molecule has 6 nitrogen and oxygen atoms in total. The van der Waals surface area contributed by atoms with Crippen molar-refractivity contribution in [3.05, 3.63) is 53.4 Å². The van der Waals surface area contributed by atoms with Crippen LogP contribution in [0.5, 0.6) is 0 Å². The number of nitrogens with zero attached hydrogens (tertiary/aromatic N) is 2. The highest BCUT2D eigenvalue weighted by Gasteiger charge is 2.34. The number of allylic oxidation sites excluding steroid dienone is 3. The average Bonchev–Trinajstić information content (AvgIpc) is 2.85. The highest BCUT2D eigenvalue weighted by atomic mass is 32.2. The van der Waals surface area contributed by atoms with Gasteiger partial charge >= 0.3 is 6.18 Å². The maximum atomic E-state index is 13.3. The summed E-state index contributed by atoms with van der Waals surface area (Å²) in [6.45, 7) is 9.69. The predicted molar refractivity (Wildman–Crippen MR) is 136 cm³/mol. The van der Waals surface area contributed by atoms with Crippen LogP contribution >= 0.6 is 0 Å². The molecule has 0 saturated carbocycles. The number of likely N-dealkylation sites (tertiary alicyclic amines) is 1. The highest BCUT2D eigenvalue weighted by Crippen LogP contribution is 2.31. The fourth-order valence-electron chi connectivity index (χ4n) is 4.31. The molecule has 0 spiro atoms. The van der Waals surface area contributed by atoms with Crippen LogP contribution in [0.2, 0.25) is 0 Å². The van der Waals surface area contributed by atoms with Gasteiger partial charge in [0, 0.05) is 25.0 Å². The molecule has 10 heteroatoms. The summed E-state index contributed by atoms with van der Waals surface area (Å²) in [4.78, 5) is 14.9. The second kappa shape index (κ2) is 13.9. The van der Waals surface area contributed by atoms with Crippen molar-refractivity contribution in [1.82, 2.24) is 14.5 Å². The summed E-state index contributed by atoms with van der Waals surface area (Å²) in [5.74, 6) is 0.555. The van der Waals surface area contributed by atoms with Crippen molar-refractivity contribution < 1.29 is 26.9 Å². The molecule has 1 amide bonds. The van der Waals surface area contributed by atoms with E-state index in [9.17, 15) is 22.2 Å². The van der Waals surface area contributed by atoms with E-state index in [1.807, 2.05) is 44.2 Å². The number of amides is 1. The van der Waals surface area contributed by atoms with Gasteiger partial charge < -0.3 is 15.0 Å². The van der Waals surface area contributed by atoms with Crippen LogP contribution in [0.25, 0.3) is 0 Å². The van der Waals surface area contributed by atoms with Crippen molar-refractivity contribution >= 4 is 16.9 Å². The summed E-state index contributed by atoms with van der Waals surface area (Å²) < 4.78 is 59.9. The molecular formula is C26H38F3N3O3S. The van der Waals surface area contributed by atoms with Crippen molar-refractivity contribution in [3.8, 4) is 0 Å². The molecule has 1 aromatic carbocycles. The minimum atomic E-state index is -4.48. The molecule has 0 bridgehead atoms. The minimum Gasteiger partial charge on any atom is -0.495 e. The number of nitrogens with one attached hydrogen (secondary N) is 1. The topological polar surface area (TPSA) is 61.9 Å². The molecule has 0 aliphatic carbocycles. The number of carbonyl (C=O) groups excluding carboxylic acids is 1. The van der Waals surface area contributed by atoms with Crippen LogP contribution in [0.1, 0.15) is 58.9 Å². The molecule has 1 saturated heterocycles. The highest BCUT2D eigenvalue weighted by molar-refractivity contribution is 7.82. The first-order valence-corrected chi connectivity index (χ1v) is 13.4. The SMILES string of the molecule is C/C=C\C(OC)=C(/CC)NC(=O)CCN1CCC(N(C(C)C)S(=O)c2cccc(C(F)(F)F)c2)CC1. The van der Waals surface area contributed by atoms with Gasteiger partial charge in [-0.05, 0) is 77.4 Å². The Morgan fingerprint density at radius 2 is 1.97 bits per heavy atom. The van der Waals surface area contributed by atoms with E-state index in [4.69, 9.17) is 4.74 Å². The molecule has 0 radical (unpaired) electrons. The van der Waals surface area contributed by atoms with E-state index in [2.05, 4.69) is 10.2 Å². The zero-order valence-corrected chi connectivity index (χ0v) is 22.5. The van der Waals surface area contributed by atoms with Gasteiger partial charge in [0.15, 0.2) is 0 Å². The summed E-state index contributed by atoms with van der Waals surface area (Å²) in [6, 6.07) is 4.63. The number of methoxy groups -OCH3 is 1. The number of hydrogen-bond donors (Lipinski definition) is 1. The smallest absolute Gasteiger partial charge is 0.416 e. The quantitative estimate of drug-likeness (QED) is 0.314. The van der Waals surface area contributed by atoms with Gasteiger partial charge in [-0.15, -0.1) is 0 Å². The van der Waals surface area contributed by atoms with Gasteiger partial charge in [0.05, 0.1) is 23.3 Å². The Labute approximate surface area is 215 Å². The summed E-state index contributed by atoms with van der Waals surface area (Å²) in [5, 5.41) is 2.94. The summed E-state index contributed by atoms with van der Waals surface area (Å²) in [5.41, 5.74) is -0.0569. The van der Waals surface area contributed by atoms with E-state index in [1.165, 1.54) is 12.1 Å². The number of piperidine rings is 1. The number of ether oxygens (including phenoxy) is 1. The van der Waals surface area contributed by atoms with Crippen molar-refractivity contribution in [2.45, 2.75) is 76.5 Å². The molecule has 1 aliphatic rings. The molecule has 1 aromatic rings. The van der Waals surface area contributed by atoms with E-state index in [-0.39, 0.29) is 22.9 Å². The third-order valence-electron chi connectivity index (χ3n) is 6.11. The van der Waals surface area contributed by atoms with Gasteiger partial charge in [-0.25, -0.2) is 8.51 Å². The van der Waals surface area contributed by atoms with E-state index in [1.54, 1.807) is 7.11 Å². The van der Waals surface area contributed by atoms with Gasteiger partial charge in [0.2, 0.25) is 5.91 Å². The lowest BCUT2D eigenvalue weighted by Crippen LogP contribution is -2.48. The Morgan fingerprint density at radius 3 is 2.50 bits per heavy atom. The van der Waals surface area contributed by atoms with Crippen LogP contribution in [0, 0.1) is 0 Å². The van der Waals surface area contributed by atoms with E-state index in [0.717, 1.165) is 43.8 Å². The Hall–Kier alpha value is -2.17. The van der Waals surface area contributed by atoms with Crippen LogP contribution in [0.4, 0.5) is 13.2 Å². The number of halogens is 3. The fraction of sp³-hybridized carbons (Fsp3) is 0.577. The summed E-state index contributed by atoms with van der Waals surface area (Å²) in [6.07, 6.45) is 1.61. The van der Waals surface area contributed by atoms with Crippen molar-refractivity contribution in [3.63, 3.8) is 0 Å². The van der Waals surface area contributed by atoms with E-state index < -0.39 is 22.7 Å². The van der Waals surface area contributed by atoms with Gasteiger partial charge in [-0.3, -0.25) is 4.79 Å². The zero-order chi connectivity index (χ0) is 26.9. The van der Waals surface area contributed by atoms with Gasteiger partial charge in [-0.1, -0.05) is 19.1 Å².